The van der Waals surface area contributed by atoms with Crippen LogP contribution in [0.2, 0.25) is 0 Å². The molecule has 0 aliphatic carbocycles. The van der Waals surface area contributed by atoms with Crippen molar-refractivity contribution in [1.82, 2.24) is 10.2 Å². The molecule has 0 aliphatic heterocycles. The summed E-state index contributed by atoms with van der Waals surface area (Å²) in [6.45, 7) is 1.99. The van der Waals surface area contributed by atoms with E-state index in [9.17, 15) is 0 Å². The van der Waals surface area contributed by atoms with E-state index in [1.807, 2.05) is 37.3 Å². The van der Waals surface area contributed by atoms with Crippen LogP contribution in [-0.2, 0) is 0 Å². The summed E-state index contributed by atoms with van der Waals surface area (Å²) in [6, 6.07) is 9.73. The smallest absolute Gasteiger partial charge is 0.124 e. The fraction of sp³-hybridized carbons (Fsp3) is 0.0909. The van der Waals surface area contributed by atoms with E-state index in [0.717, 1.165) is 21.2 Å². The Kier molecular flexibility index (Phi) is 2.87. The van der Waals surface area contributed by atoms with Gasteiger partial charge in [-0.1, -0.05) is 23.9 Å². The SMILES string of the molecule is Cc1cnnc(Sc2ccccc2N)c1. The van der Waals surface area contributed by atoms with Gasteiger partial charge in [0.25, 0.3) is 0 Å². The van der Waals surface area contributed by atoms with E-state index in [2.05, 4.69) is 10.2 Å². The molecular formula is C11H11N3S. The Hall–Kier alpha value is -1.55. The Morgan fingerprint density at radius 3 is 2.80 bits per heavy atom. The number of nitrogen functional groups attached to an aromatic ring is 1. The fourth-order valence-electron chi connectivity index (χ4n) is 1.17. The molecule has 0 amide bonds. The minimum absolute atomic E-state index is 0.769. The summed E-state index contributed by atoms with van der Waals surface area (Å²) >= 11 is 1.53. The predicted octanol–water partition coefficient (Wildman–Crippen LogP) is 2.52. The molecule has 4 heteroatoms. The van der Waals surface area contributed by atoms with E-state index in [4.69, 9.17) is 5.73 Å². The Morgan fingerprint density at radius 2 is 2.07 bits per heavy atom. The van der Waals surface area contributed by atoms with Gasteiger partial charge in [-0.2, -0.15) is 5.10 Å². The Bertz CT molecular complexity index is 471. The standard InChI is InChI=1S/C11H11N3S/c1-8-6-11(14-13-7-8)15-10-5-3-2-4-9(10)12/h2-7H,12H2,1H3. The maximum atomic E-state index is 5.84. The van der Waals surface area contributed by atoms with Gasteiger partial charge in [-0.25, -0.2) is 0 Å². The lowest BCUT2D eigenvalue weighted by Crippen LogP contribution is -1.89. The zero-order chi connectivity index (χ0) is 10.7. The van der Waals surface area contributed by atoms with Crippen molar-refractivity contribution in [2.45, 2.75) is 16.8 Å². The second-order valence-corrected chi connectivity index (χ2v) is 4.27. The number of nitrogens with two attached hydrogens (primary N) is 1. The first kappa shape index (κ1) is 9.98. The summed E-state index contributed by atoms with van der Waals surface area (Å²) in [6.07, 6.45) is 1.73. The maximum Gasteiger partial charge on any atom is 0.124 e. The van der Waals surface area contributed by atoms with Crippen LogP contribution in [0.1, 0.15) is 5.56 Å². The highest BCUT2D eigenvalue weighted by Gasteiger charge is 2.02. The number of nitrogens with zero attached hydrogens (tertiary/aromatic N) is 2. The number of benzene rings is 1. The Balaban J connectivity index is 2.26. The molecule has 3 nitrogen and oxygen atoms in total. The maximum absolute atomic E-state index is 5.84. The third-order valence-corrected chi connectivity index (χ3v) is 2.90. The monoisotopic (exact) mass is 217 g/mol. The third kappa shape index (κ3) is 2.47. The first-order valence-corrected chi connectivity index (χ1v) is 5.39. The Labute approximate surface area is 92.7 Å². The Morgan fingerprint density at radius 1 is 1.27 bits per heavy atom. The average molecular weight is 217 g/mol. The molecule has 0 fully saturated rings. The minimum Gasteiger partial charge on any atom is -0.398 e. The molecule has 0 spiro atoms. The lowest BCUT2D eigenvalue weighted by Gasteiger charge is -2.03. The van der Waals surface area contributed by atoms with Crippen molar-refractivity contribution in [1.29, 1.82) is 0 Å². The summed E-state index contributed by atoms with van der Waals surface area (Å²) in [7, 11) is 0. The van der Waals surface area contributed by atoms with Crippen molar-refractivity contribution in [2.75, 3.05) is 5.73 Å². The molecule has 0 radical (unpaired) electrons. The number of anilines is 1. The first-order valence-electron chi connectivity index (χ1n) is 4.57. The van der Waals surface area contributed by atoms with Gasteiger partial charge in [-0.15, -0.1) is 5.10 Å². The second-order valence-electron chi connectivity index (χ2n) is 3.21. The predicted molar refractivity (Wildman–Crippen MR) is 61.7 cm³/mol. The molecule has 0 aliphatic rings. The second kappa shape index (κ2) is 4.31. The summed E-state index contributed by atoms with van der Waals surface area (Å²) in [4.78, 5) is 1.01. The largest absolute Gasteiger partial charge is 0.398 e. The van der Waals surface area contributed by atoms with E-state index < -0.39 is 0 Å². The highest BCUT2D eigenvalue weighted by Crippen LogP contribution is 2.30. The van der Waals surface area contributed by atoms with Crippen LogP contribution in [0.3, 0.4) is 0 Å². The van der Waals surface area contributed by atoms with Crippen LogP contribution in [0.15, 0.2) is 46.5 Å². The van der Waals surface area contributed by atoms with Gasteiger partial charge in [0, 0.05) is 10.6 Å². The van der Waals surface area contributed by atoms with Crippen LogP contribution in [0.4, 0.5) is 5.69 Å². The topological polar surface area (TPSA) is 51.8 Å². The normalized spacial score (nSPS) is 10.2. The number of aromatic nitrogens is 2. The van der Waals surface area contributed by atoms with Crippen molar-refractivity contribution in [3.8, 4) is 0 Å². The van der Waals surface area contributed by atoms with Crippen LogP contribution in [0.5, 0.6) is 0 Å². The van der Waals surface area contributed by atoms with Crippen LogP contribution in [0.25, 0.3) is 0 Å². The number of hydrogen-bond acceptors (Lipinski definition) is 4. The zero-order valence-electron chi connectivity index (χ0n) is 8.34. The molecule has 0 unspecified atom stereocenters. The number of para-hydroxylation sites is 1. The van der Waals surface area contributed by atoms with Crippen molar-refractivity contribution < 1.29 is 0 Å². The van der Waals surface area contributed by atoms with Gasteiger partial charge >= 0.3 is 0 Å². The van der Waals surface area contributed by atoms with E-state index in [0.29, 0.717) is 0 Å². The highest BCUT2D eigenvalue weighted by molar-refractivity contribution is 7.99. The summed E-state index contributed by atoms with van der Waals surface area (Å²) in [5.41, 5.74) is 7.71. The highest BCUT2D eigenvalue weighted by atomic mass is 32.2. The van der Waals surface area contributed by atoms with Crippen molar-refractivity contribution in [3.05, 3.63) is 42.1 Å². The molecule has 2 aromatic rings. The number of rotatable bonds is 2. The molecule has 15 heavy (non-hydrogen) atoms. The van der Waals surface area contributed by atoms with E-state index >= 15 is 0 Å². The molecule has 1 aromatic heterocycles. The first-order chi connectivity index (χ1) is 7.25. The third-order valence-electron chi connectivity index (χ3n) is 1.90. The van der Waals surface area contributed by atoms with Crippen LogP contribution in [-0.4, -0.2) is 10.2 Å². The van der Waals surface area contributed by atoms with Gasteiger partial charge in [0.1, 0.15) is 5.03 Å². The molecule has 0 atom stereocenters. The quantitative estimate of drug-likeness (QED) is 0.785. The lowest BCUT2D eigenvalue weighted by molar-refractivity contribution is 0.916. The van der Waals surface area contributed by atoms with Crippen molar-refractivity contribution in [3.63, 3.8) is 0 Å². The van der Waals surface area contributed by atoms with Gasteiger partial charge in [-0.05, 0) is 30.7 Å². The van der Waals surface area contributed by atoms with E-state index in [1.165, 1.54) is 11.8 Å². The molecule has 0 bridgehead atoms. The molecule has 1 aromatic carbocycles. The summed E-state index contributed by atoms with van der Waals surface area (Å²) in [5, 5.41) is 8.80. The molecule has 0 saturated carbocycles. The van der Waals surface area contributed by atoms with Crippen molar-refractivity contribution >= 4 is 17.4 Å². The minimum atomic E-state index is 0.769. The van der Waals surface area contributed by atoms with Crippen LogP contribution in [0, 0.1) is 6.92 Å². The van der Waals surface area contributed by atoms with Crippen LogP contribution >= 0.6 is 11.8 Å². The van der Waals surface area contributed by atoms with Crippen LogP contribution < -0.4 is 5.73 Å². The molecule has 0 saturated heterocycles. The molecular weight excluding hydrogens is 206 g/mol. The van der Waals surface area contributed by atoms with Crippen molar-refractivity contribution in [2.24, 2.45) is 0 Å². The van der Waals surface area contributed by atoms with Gasteiger partial charge in [0.2, 0.25) is 0 Å². The van der Waals surface area contributed by atoms with Gasteiger partial charge < -0.3 is 5.73 Å². The molecule has 1 heterocycles. The average Bonchev–Trinajstić information content (AvgIpc) is 2.22. The fourth-order valence-corrected chi connectivity index (χ4v) is 2.06. The lowest BCUT2D eigenvalue weighted by atomic mass is 10.3. The summed E-state index contributed by atoms with van der Waals surface area (Å²) < 4.78 is 0. The van der Waals surface area contributed by atoms with E-state index in [-0.39, 0.29) is 0 Å². The zero-order valence-corrected chi connectivity index (χ0v) is 9.16. The number of hydrogen-bond donors (Lipinski definition) is 1. The molecule has 2 N–H and O–H groups in total. The number of aryl methyl sites for hydroxylation is 1. The van der Waals surface area contributed by atoms with Gasteiger partial charge in [0.15, 0.2) is 0 Å². The summed E-state index contributed by atoms with van der Waals surface area (Å²) in [5.74, 6) is 0. The van der Waals surface area contributed by atoms with Gasteiger partial charge in [-0.3, -0.25) is 0 Å². The van der Waals surface area contributed by atoms with Gasteiger partial charge in [0.05, 0.1) is 6.20 Å². The molecule has 2 rings (SSSR count). The molecule has 76 valence electrons. The van der Waals surface area contributed by atoms with E-state index in [1.54, 1.807) is 6.20 Å².